The zero-order valence-corrected chi connectivity index (χ0v) is 16.2. The quantitative estimate of drug-likeness (QED) is 0.685. The van der Waals surface area contributed by atoms with Crippen LogP contribution in [0.1, 0.15) is 51.5 Å². The Morgan fingerprint density at radius 1 is 1.04 bits per heavy atom. The maximum absolute atomic E-state index is 12.2. The van der Waals surface area contributed by atoms with E-state index in [0.29, 0.717) is 37.8 Å². The molecular formula is C19H31NO4S. The first-order valence-electron chi connectivity index (χ1n) is 9.40. The molecule has 25 heavy (non-hydrogen) atoms. The van der Waals surface area contributed by atoms with Gasteiger partial charge in [-0.2, -0.15) is 0 Å². The van der Waals surface area contributed by atoms with E-state index in [4.69, 9.17) is 9.47 Å². The summed E-state index contributed by atoms with van der Waals surface area (Å²) in [5.41, 5.74) is 1.03. The van der Waals surface area contributed by atoms with Gasteiger partial charge in [-0.25, -0.2) is 13.1 Å². The Balaban J connectivity index is 1.86. The van der Waals surface area contributed by atoms with Crippen LogP contribution in [0.5, 0.6) is 11.5 Å². The summed E-state index contributed by atoms with van der Waals surface area (Å²) in [5, 5.41) is 0. The van der Waals surface area contributed by atoms with E-state index in [9.17, 15) is 8.42 Å². The average molecular weight is 370 g/mol. The Morgan fingerprint density at radius 3 is 2.40 bits per heavy atom. The van der Waals surface area contributed by atoms with Crippen molar-refractivity contribution in [3.05, 3.63) is 23.8 Å². The van der Waals surface area contributed by atoms with Gasteiger partial charge in [-0.05, 0) is 56.7 Å². The number of sulfonamides is 1. The third kappa shape index (κ3) is 6.86. The Labute approximate surface area is 152 Å². The summed E-state index contributed by atoms with van der Waals surface area (Å²) in [6.45, 7) is 5.43. The monoisotopic (exact) mass is 369 g/mol. The van der Waals surface area contributed by atoms with E-state index in [-0.39, 0.29) is 5.75 Å². The summed E-state index contributed by atoms with van der Waals surface area (Å²) in [6, 6.07) is 5.78. The SMILES string of the molecule is CCOc1ccc(CCNS(=O)(=O)CC2CCCCC2)cc1OCC. The summed E-state index contributed by atoms with van der Waals surface area (Å²) in [6.07, 6.45) is 6.27. The van der Waals surface area contributed by atoms with Crippen LogP contribution in [0.15, 0.2) is 18.2 Å². The smallest absolute Gasteiger partial charge is 0.211 e. The van der Waals surface area contributed by atoms with Gasteiger partial charge in [-0.15, -0.1) is 0 Å². The minimum atomic E-state index is -3.19. The third-order valence-electron chi connectivity index (χ3n) is 4.52. The first kappa shape index (κ1) is 20.0. The van der Waals surface area contributed by atoms with Gasteiger partial charge in [-0.1, -0.05) is 25.3 Å². The van der Waals surface area contributed by atoms with Crippen molar-refractivity contribution >= 4 is 10.0 Å². The van der Waals surface area contributed by atoms with Gasteiger partial charge in [0, 0.05) is 6.54 Å². The van der Waals surface area contributed by atoms with Crippen molar-refractivity contribution in [2.75, 3.05) is 25.5 Å². The van der Waals surface area contributed by atoms with Crippen molar-refractivity contribution in [2.45, 2.75) is 52.4 Å². The van der Waals surface area contributed by atoms with Crippen LogP contribution in [0.25, 0.3) is 0 Å². The molecule has 0 atom stereocenters. The van der Waals surface area contributed by atoms with Crippen LogP contribution in [-0.4, -0.2) is 33.9 Å². The Bertz CT molecular complexity index is 624. The van der Waals surface area contributed by atoms with Crippen LogP contribution in [0, 0.1) is 5.92 Å². The molecule has 0 amide bonds. The maximum Gasteiger partial charge on any atom is 0.211 e. The van der Waals surface area contributed by atoms with E-state index in [1.54, 1.807) is 0 Å². The van der Waals surface area contributed by atoms with Crippen molar-refractivity contribution < 1.29 is 17.9 Å². The van der Waals surface area contributed by atoms with Gasteiger partial charge >= 0.3 is 0 Å². The van der Waals surface area contributed by atoms with E-state index in [1.807, 2.05) is 32.0 Å². The second kappa shape index (κ2) is 10.0. The van der Waals surface area contributed by atoms with Crippen LogP contribution in [0.2, 0.25) is 0 Å². The summed E-state index contributed by atoms with van der Waals surface area (Å²) in [4.78, 5) is 0. The standard InChI is InChI=1S/C19H31NO4S/c1-3-23-18-11-10-16(14-19(18)24-4-2)12-13-20-25(21,22)15-17-8-6-5-7-9-17/h10-11,14,17,20H,3-9,12-13,15H2,1-2H3. The molecule has 1 N–H and O–H groups in total. The number of nitrogens with one attached hydrogen (secondary N) is 1. The van der Waals surface area contributed by atoms with E-state index in [0.717, 1.165) is 37.0 Å². The molecular weight excluding hydrogens is 338 g/mol. The van der Waals surface area contributed by atoms with E-state index < -0.39 is 10.0 Å². The van der Waals surface area contributed by atoms with Crippen molar-refractivity contribution in [1.29, 1.82) is 0 Å². The van der Waals surface area contributed by atoms with Crippen LogP contribution in [-0.2, 0) is 16.4 Å². The average Bonchev–Trinajstić information content (AvgIpc) is 2.58. The van der Waals surface area contributed by atoms with Crippen LogP contribution >= 0.6 is 0 Å². The summed E-state index contributed by atoms with van der Waals surface area (Å²) >= 11 is 0. The first-order valence-corrected chi connectivity index (χ1v) is 11.0. The molecule has 0 unspecified atom stereocenters. The lowest BCUT2D eigenvalue weighted by Gasteiger charge is -2.21. The second-order valence-electron chi connectivity index (χ2n) is 6.58. The summed E-state index contributed by atoms with van der Waals surface area (Å²) in [5.74, 6) is 2.03. The molecule has 0 bridgehead atoms. The van der Waals surface area contributed by atoms with E-state index in [1.165, 1.54) is 6.42 Å². The molecule has 0 spiro atoms. The molecule has 5 nitrogen and oxygen atoms in total. The highest BCUT2D eigenvalue weighted by atomic mass is 32.2. The predicted molar refractivity (Wildman–Crippen MR) is 101 cm³/mol. The third-order valence-corrected chi connectivity index (χ3v) is 6.08. The highest BCUT2D eigenvalue weighted by molar-refractivity contribution is 7.89. The normalized spacial score (nSPS) is 15.9. The zero-order valence-electron chi connectivity index (χ0n) is 15.4. The van der Waals surface area contributed by atoms with E-state index in [2.05, 4.69) is 4.72 Å². The molecule has 0 saturated heterocycles. The molecule has 1 fully saturated rings. The lowest BCUT2D eigenvalue weighted by atomic mass is 9.91. The van der Waals surface area contributed by atoms with Crippen molar-refractivity contribution in [1.82, 2.24) is 4.72 Å². The van der Waals surface area contributed by atoms with Gasteiger partial charge < -0.3 is 9.47 Å². The van der Waals surface area contributed by atoms with Gasteiger partial charge in [0.2, 0.25) is 10.0 Å². The largest absolute Gasteiger partial charge is 0.490 e. The molecule has 1 aromatic rings. The van der Waals surface area contributed by atoms with Gasteiger partial charge in [0.15, 0.2) is 11.5 Å². The predicted octanol–water partition coefficient (Wildman–Crippen LogP) is 3.53. The molecule has 6 heteroatoms. The topological polar surface area (TPSA) is 64.6 Å². The lowest BCUT2D eigenvalue weighted by Crippen LogP contribution is -2.32. The van der Waals surface area contributed by atoms with Gasteiger partial charge in [-0.3, -0.25) is 0 Å². The highest BCUT2D eigenvalue weighted by Crippen LogP contribution is 2.28. The molecule has 0 aromatic heterocycles. The maximum atomic E-state index is 12.2. The highest BCUT2D eigenvalue weighted by Gasteiger charge is 2.20. The number of ether oxygens (including phenoxy) is 2. The van der Waals surface area contributed by atoms with Crippen molar-refractivity contribution in [2.24, 2.45) is 5.92 Å². The molecule has 0 heterocycles. The van der Waals surface area contributed by atoms with Gasteiger partial charge in [0.05, 0.1) is 19.0 Å². The van der Waals surface area contributed by atoms with Crippen LogP contribution in [0.4, 0.5) is 0 Å². The number of benzene rings is 1. The fourth-order valence-corrected chi connectivity index (χ4v) is 4.81. The fourth-order valence-electron chi connectivity index (χ4n) is 3.32. The molecule has 1 aliphatic carbocycles. The molecule has 0 radical (unpaired) electrons. The Kier molecular flexibility index (Phi) is 8.03. The second-order valence-corrected chi connectivity index (χ2v) is 8.43. The Hall–Kier alpha value is -1.27. The zero-order chi connectivity index (χ0) is 18.1. The summed E-state index contributed by atoms with van der Waals surface area (Å²) in [7, 11) is -3.19. The van der Waals surface area contributed by atoms with Crippen molar-refractivity contribution in [3.8, 4) is 11.5 Å². The summed E-state index contributed by atoms with van der Waals surface area (Å²) < 4.78 is 38.4. The fraction of sp³-hybridized carbons (Fsp3) is 0.684. The van der Waals surface area contributed by atoms with Gasteiger partial charge in [0.1, 0.15) is 0 Å². The van der Waals surface area contributed by atoms with Crippen LogP contribution < -0.4 is 14.2 Å². The molecule has 1 aliphatic rings. The van der Waals surface area contributed by atoms with Crippen LogP contribution in [0.3, 0.4) is 0 Å². The number of hydrogen-bond acceptors (Lipinski definition) is 4. The minimum Gasteiger partial charge on any atom is -0.490 e. The molecule has 0 aliphatic heterocycles. The first-order chi connectivity index (χ1) is 12.0. The number of hydrogen-bond donors (Lipinski definition) is 1. The number of rotatable bonds is 10. The van der Waals surface area contributed by atoms with Gasteiger partial charge in [0.25, 0.3) is 0 Å². The van der Waals surface area contributed by atoms with E-state index >= 15 is 0 Å². The molecule has 1 saturated carbocycles. The molecule has 1 aromatic carbocycles. The lowest BCUT2D eigenvalue weighted by molar-refractivity contribution is 0.287. The molecule has 2 rings (SSSR count). The molecule has 142 valence electrons. The Morgan fingerprint density at radius 2 is 1.72 bits per heavy atom. The van der Waals surface area contributed by atoms with Crippen molar-refractivity contribution in [3.63, 3.8) is 0 Å². The minimum absolute atomic E-state index is 0.264.